The monoisotopic (exact) mass is 293 g/mol. The van der Waals surface area contributed by atoms with Crippen molar-refractivity contribution in [2.45, 2.75) is 23.1 Å². The molecule has 0 aliphatic heterocycles. The van der Waals surface area contributed by atoms with Gasteiger partial charge < -0.3 is 10.2 Å². The number of aliphatic carboxylic acids is 2. The normalized spacial score (nSPS) is 13.1. The first-order chi connectivity index (χ1) is 8.33. The smallest absolute Gasteiger partial charge is 0.321 e. The molecule has 0 aliphatic rings. The number of carboxylic acids is 2. The van der Waals surface area contributed by atoms with Gasteiger partial charge in [0.05, 0.1) is 0 Å². The third kappa shape index (κ3) is 4.09. The van der Waals surface area contributed by atoms with Gasteiger partial charge in [0.2, 0.25) is 0 Å². The predicted molar refractivity (Wildman–Crippen MR) is 62.9 cm³/mol. The summed E-state index contributed by atoms with van der Waals surface area (Å²) in [5.41, 5.74) is 0. The van der Waals surface area contributed by atoms with Crippen LogP contribution in [0, 0.1) is 0 Å². The molecule has 18 heavy (non-hydrogen) atoms. The van der Waals surface area contributed by atoms with E-state index in [0.717, 1.165) is 11.3 Å². The Morgan fingerprint density at radius 3 is 2.50 bits per heavy atom. The van der Waals surface area contributed by atoms with Gasteiger partial charge in [0.1, 0.15) is 10.3 Å². The Bertz CT molecular complexity index is 521. The molecule has 1 unspecified atom stereocenters. The third-order valence-corrected chi connectivity index (χ3v) is 4.87. The Labute approximate surface area is 107 Å². The minimum Gasteiger partial charge on any atom is -0.481 e. The lowest BCUT2D eigenvalue weighted by atomic mass is 10.2. The standard InChI is InChI=1S/C9H11NO6S2/c11-7(12)4-3-6(9(13)14)10-18(15,16)8-2-1-5-17-8/h1-2,5-6,10H,3-4H2,(H,11,12)(H,13,14). The molecule has 1 heterocycles. The quantitative estimate of drug-likeness (QED) is 0.666. The van der Waals surface area contributed by atoms with Gasteiger partial charge in [-0.1, -0.05) is 6.07 Å². The highest BCUT2D eigenvalue weighted by molar-refractivity contribution is 7.91. The summed E-state index contributed by atoms with van der Waals surface area (Å²) < 4.78 is 25.4. The summed E-state index contributed by atoms with van der Waals surface area (Å²) >= 11 is 0.948. The second-order valence-electron chi connectivity index (χ2n) is 3.38. The van der Waals surface area contributed by atoms with E-state index < -0.39 is 34.4 Å². The van der Waals surface area contributed by atoms with E-state index >= 15 is 0 Å². The third-order valence-electron chi connectivity index (χ3n) is 2.00. The largest absolute Gasteiger partial charge is 0.481 e. The molecule has 1 atom stereocenters. The molecule has 0 saturated carbocycles. The van der Waals surface area contributed by atoms with E-state index in [9.17, 15) is 18.0 Å². The van der Waals surface area contributed by atoms with Crippen LogP contribution in [0.25, 0.3) is 0 Å². The molecule has 0 radical (unpaired) electrons. The molecule has 0 bridgehead atoms. The molecule has 0 spiro atoms. The Morgan fingerprint density at radius 1 is 1.39 bits per heavy atom. The van der Waals surface area contributed by atoms with Crippen LogP contribution in [0.3, 0.4) is 0 Å². The summed E-state index contributed by atoms with van der Waals surface area (Å²) in [6, 6.07) is 1.41. The molecule has 0 aromatic carbocycles. The van der Waals surface area contributed by atoms with E-state index in [1.54, 1.807) is 5.38 Å². The van der Waals surface area contributed by atoms with Gasteiger partial charge in [-0.25, -0.2) is 8.42 Å². The number of sulfonamides is 1. The van der Waals surface area contributed by atoms with Crippen LogP contribution in [0.2, 0.25) is 0 Å². The van der Waals surface area contributed by atoms with E-state index in [1.165, 1.54) is 12.1 Å². The molecular formula is C9H11NO6S2. The van der Waals surface area contributed by atoms with Crippen molar-refractivity contribution < 1.29 is 28.2 Å². The summed E-state index contributed by atoms with van der Waals surface area (Å²) in [6.45, 7) is 0. The van der Waals surface area contributed by atoms with E-state index in [-0.39, 0.29) is 10.6 Å². The molecule has 3 N–H and O–H groups in total. The van der Waals surface area contributed by atoms with Gasteiger partial charge >= 0.3 is 11.9 Å². The highest BCUT2D eigenvalue weighted by Gasteiger charge is 2.26. The predicted octanol–water partition coefficient (Wildman–Crippen LogP) is 0.344. The average Bonchev–Trinajstić information content (AvgIpc) is 2.77. The minimum atomic E-state index is -3.91. The van der Waals surface area contributed by atoms with E-state index in [4.69, 9.17) is 10.2 Å². The lowest BCUT2D eigenvalue weighted by molar-refractivity contribution is -0.140. The summed E-state index contributed by atoms with van der Waals surface area (Å²) in [6.07, 6.45) is -0.737. The second-order valence-corrected chi connectivity index (χ2v) is 6.27. The van der Waals surface area contributed by atoms with Crippen LogP contribution < -0.4 is 4.72 Å². The maximum absolute atomic E-state index is 11.7. The number of hydrogen-bond donors (Lipinski definition) is 3. The topological polar surface area (TPSA) is 121 Å². The molecule has 0 amide bonds. The lowest BCUT2D eigenvalue weighted by Crippen LogP contribution is -2.40. The highest BCUT2D eigenvalue weighted by Crippen LogP contribution is 2.16. The van der Waals surface area contributed by atoms with Crippen LogP contribution in [-0.2, 0) is 19.6 Å². The van der Waals surface area contributed by atoms with E-state index in [1.807, 2.05) is 4.72 Å². The van der Waals surface area contributed by atoms with Gasteiger partial charge in [-0.15, -0.1) is 11.3 Å². The Balaban J connectivity index is 2.78. The first kappa shape index (κ1) is 14.6. The first-order valence-electron chi connectivity index (χ1n) is 4.83. The number of carbonyl (C=O) groups is 2. The van der Waals surface area contributed by atoms with Crippen molar-refractivity contribution in [3.05, 3.63) is 17.5 Å². The number of carboxylic acid groups (broad SMARTS) is 2. The molecule has 0 fully saturated rings. The summed E-state index contributed by atoms with van der Waals surface area (Å²) in [5, 5.41) is 18.8. The SMILES string of the molecule is O=C(O)CCC(NS(=O)(=O)c1cccs1)C(=O)O. The zero-order valence-corrected chi connectivity index (χ0v) is 10.7. The molecule has 100 valence electrons. The van der Waals surface area contributed by atoms with Gasteiger partial charge in [-0.05, 0) is 17.9 Å². The molecule has 7 nitrogen and oxygen atoms in total. The molecule has 1 aromatic heterocycles. The van der Waals surface area contributed by atoms with Crippen LogP contribution in [-0.4, -0.2) is 36.6 Å². The van der Waals surface area contributed by atoms with Crippen molar-refractivity contribution >= 4 is 33.3 Å². The fourth-order valence-corrected chi connectivity index (χ4v) is 3.40. The average molecular weight is 293 g/mol. The molecule has 9 heteroatoms. The molecule has 1 aromatic rings. The van der Waals surface area contributed by atoms with Crippen LogP contribution in [0.5, 0.6) is 0 Å². The lowest BCUT2D eigenvalue weighted by Gasteiger charge is -2.12. The van der Waals surface area contributed by atoms with Crippen LogP contribution in [0.1, 0.15) is 12.8 Å². The Kier molecular flexibility index (Phi) is 4.82. The van der Waals surface area contributed by atoms with Gasteiger partial charge in [0, 0.05) is 6.42 Å². The molecule has 0 saturated heterocycles. The fraction of sp³-hybridized carbons (Fsp3) is 0.333. The number of thiophene rings is 1. The number of rotatable bonds is 7. The summed E-state index contributed by atoms with van der Waals surface area (Å²) in [5.74, 6) is -2.59. The van der Waals surface area contributed by atoms with Crippen LogP contribution in [0.15, 0.2) is 21.7 Å². The molecule has 1 rings (SSSR count). The first-order valence-corrected chi connectivity index (χ1v) is 7.19. The van der Waals surface area contributed by atoms with Crippen molar-refractivity contribution in [1.29, 1.82) is 0 Å². The van der Waals surface area contributed by atoms with E-state index in [0.29, 0.717) is 0 Å². The zero-order valence-electron chi connectivity index (χ0n) is 9.07. The van der Waals surface area contributed by atoms with Crippen LogP contribution >= 0.6 is 11.3 Å². The van der Waals surface area contributed by atoms with Gasteiger partial charge in [0.25, 0.3) is 10.0 Å². The Hall–Kier alpha value is -1.45. The summed E-state index contributed by atoms with van der Waals surface area (Å²) in [7, 11) is -3.91. The maximum atomic E-state index is 11.7. The molecule has 0 aliphatic carbocycles. The van der Waals surface area contributed by atoms with Crippen LogP contribution in [0.4, 0.5) is 0 Å². The summed E-state index contributed by atoms with van der Waals surface area (Å²) in [4.78, 5) is 21.2. The highest BCUT2D eigenvalue weighted by atomic mass is 32.2. The van der Waals surface area contributed by atoms with Gasteiger partial charge in [-0.2, -0.15) is 4.72 Å². The number of hydrogen-bond acceptors (Lipinski definition) is 5. The van der Waals surface area contributed by atoms with E-state index in [2.05, 4.69) is 0 Å². The van der Waals surface area contributed by atoms with Gasteiger partial charge in [0.15, 0.2) is 0 Å². The molecular weight excluding hydrogens is 282 g/mol. The maximum Gasteiger partial charge on any atom is 0.321 e. The van der Waals surface area contributed by atoms with Crippen molar-refractivity contribution in [2.24, 2.45) is 0 Å². The van der Waals surface area contributed by atoms with Crippen molar-refractivity contribution in [1.82, 2.24) is 4.72 Å². The van der Waals surface area contributed by atoms with Crippen molar-refractivity contribution in [3.63, 3.8) is 0 Å². The Morgan fingerprint density at radius 2 is 2.06 bits per heavy atom. The number of nitrogens with one attached hydrogen (secondary N) is 1. The second kappa shape index (κ2) is 5.94. The minimum absolute atomic E-state index is 0.0101. The fourth-order valence-electron chi connectivity index (χ4n) is 1.16. The van der Waals surface area contributed by atoms with Crippen molar-refractivity contribution in [3.8, 4) is 0 Å². The van der Waals surface area contributed by atoms with Gasteiger partial charge in [-0.3, -0.25) is 9.59 Å². The zero-order chi connectivity index (χ0) is 13.8. The van der Waals surface area contributed by atoms with Crippen molar-refractivity contribution in [2.75, 3.05) is 0 Å².